The number of anilines is 1. The van der Waals surface area contributed by atoms with Crippen LogP contribution >= 0.6 is 23.6 Å². The van der Waals surface area contributed by atoms with Gasteiger partial charge in [0.05, 0.1) is 12.2 Å². The number of esters is 1. The number of nitrogens with zero attached hydrogens (tertiary/aromatic N) is 1. The molecule has 5 rings (SSSR count). The molecule has 2 N–H and O–H groups in total. The minimum atomic E-state index is -1.08. The second-order valence-corrected chi connectivity index (χ2v) is 11.1. The number of nitrogens with one attached hydrogen (secondary N) is 1. The van der Waals surface area contributed by atoms with Crippen LogP contribution in [0.2, 0.25) is 0 Å². The van der Waals surface area contributed by atoms with Crippen LogP contribution in [-0.2, 0) is 10.3 Å². The summed E-state index contributed by atoms with van der Waals surface area (Å²) in [5, 5.41) is 16.8. The average molecular weight is 557 g/mol. The molecule has 1 aromatic heterocycles. The van der Waals surface area contributed by atoms with E-state index in [4.69, 9.17) is 17.0 Å². The molecule has 1 aliphatic rings. The summed E-state index contributed by atoms with van der Waals surface area (Å²) in [5.41, 5.74) is 2.25. The zero-order valence-electron chi connectivity index (χ0n) is 21.9. The van der Waals surface area contributed by atoms with Crippen LogP contribution in [0, 0.1) is 5.92 Å². The van der Waals surface area contributed by atoms with Gasteiger partial charge in [-0.2, -0.15) is 0 Å². The number of carbonyl (C=O) groups excluding carboxylic acids is 1. The first-order valence-electron chi connectivity index (χ1n) is 13.3. The Balaban J connectivity index is 1.33. The normalized spacial score (nSPS) is 14.2. The molecule has 5 nitrogen and oxygen atoms in total. The number of ether oxygens (including phenoxy) is 1. The van der Waals surface area contributed by atoms with E-state index >= 15 is 0 Å². The SMILES string of the molecule is CCOC(=O)c1cc(-c2ccccc2)sc1NC(=S)N1CCC(C(O)(c2ccccc2)c2ccccc2)CC1. The summed E-state index contributed by atoms with van der Waals surface area (Å²) in [7, 11) is 0. The van der Waals surface area contributed by atoms with E-state index in [1.165, 1.54) is 11.3 Å². The summed E-state index contributed by atoms with van der Waals surface area (Å²) < 4.78 is 5.32. The fourth-order valence-electron chi connectivity index (χ4n) is 5.29. The van der Waals surface area contributed by atoms with Gasteiger partial charge < -0.3 is 20.1 Å². The predicted octanol–water partition coefficient (Wildman–Crippen LogP) is 6.94. The fourth-order valence-corrected chi connectivity index (χ4v) is 6.69. The van der Waals surface area contributed by atoms with Crippen molar-refractivity contribution < 1.29 is 14.6 Å². The number of aliphatic hydroxyl groups is 1. The van der Waals surface area contributed by atoms with Crippen LogP contribution in [-0.4, -0.2) is 40.8 Å². The minimum absolute atomic E-state index is 0.0304. The molecular formula is C32H32N2O3S2. The first kappa shape index (κ1) is 27.1. The third-order valence-corrected chi connectivity index (χ3v) is 8.77. The highest BCUT2D eigenvalue weighted by atomic mass is 32.1. The van der Waals surface area contributed by atoms with Gasteiger partial charge in [0.15, 0.2) is 5.11 Å². The summed E-state index contributed by atoms with van der Waals surface area (Å²) >= 11 is 7.31. The minimum Gasteiger partial charge on any atom is -0.462 e. The van der Waals surface area contributed by atoms with Gasteiger partial charge in [0, 0.05) is 18.0 Å². The van der Waals surface area contributed by atoms with E-state index in [0.717, 1.165) is 34.4 Å². The molecule has 0 bridgehead atoms. The third kappa shape index (κ3) is 5.76. The standard InChI is InChI=1S/C32H32N2O3S2/c1-2-37-30(35)27-22-28(23-12-6-3-7-13-23)39-29(27)33-31(38)34-20-18-26(19-21-34)32(36,24-14-8-4-9-15-24)25-16-10-5-11-17-25/h3-17,22,26,36H,2,18-21H2,1H3,(H,33,38). The highest BCUT2D eigenvalue weighted by molar-refractivity contribution is 7.80. The lowest BCUT2D eigenvalue weighted by Gasteiger charge is -2.43. The second-order valence-electron chi connectivity index (χ2n) is 9.63. The lowest BCUT2D eigenvalue weighted by atomic mass is 9.72. The predicted molar refractivity (Wildman–Crippen MR) is 162 cm³/mol. The van der Waals surface area contributed by atoms with Crippen molar-refractivity contribution in [3.05, 3.63) is 114 Å². The van der Waals surface area contributed by atoms with E-state index in [9.17, 15) is 9.90 Å². The quantitative estimate of drug-likeness (QED) is 0.190. The monoisotopic (exact) mass is 556 g/mol. The van der Waals surface area contributed by atoms with Gasteiger partial charge in [0.2, 0.25) is 0 Å². The smallest absolute Gasteiger partial charge is 0.341 e. The van der Waals surface area contributed by atoms with Gasteiger partial charge in [0.1, 0.15) is 10.6 Å². The lowest BCUT2D eigenvalue weighted by Crippen LogP contribution is -2.47. The summed E-state index contributed by atoms with van der Waals surface area (Å²) in [6.45, 7) is 3.50. The van der Waals surface area contributed by atoms with Crippen LogP contribution in [0.25, 0.3) is 10.4 Å². The zero-order chi connectivity index (χ0) is 27.2. The number of thiocarbonyl (C=S) groups is 1. The molecule has 0 unspecified atom stereocenters. The van der Waals surface area contributed by atoms with Gasteiger partial charge in [0.25, 0.3) is 0 Å². The molecule has 3 aromatic carbocycles. The Labute approximate surface area is 239 Å². The van der Waals surface area contributed by atoms with Crippen LogP contribution in [0.5, 0.6) is 0 Å². The number of rotatable bonds is 7. The van der Waals surface area contributed by atoms with Crippen molar-refractivity contribution in [1.29, 1.82) is 0 Å². The first-order chi connectivity index (χ1) is 19.0. The van der Waals surface area contributed by atoms with E-state index in [1.807, 2.05) is 97.1 Å². The van der Waals surface area contributed by atoms with E-state index in [-0.39, 0.29) is 11.9 Å². The Kier molecular flexibility index (Phi) is 8.41. The number of hydrogen-bond acceptors (Lipinski definition) is 5. The van der Waals surface area contributed by atoms with Crippen LogP contribution in [0.4, 0.5) is 5.00 Å². The number of hydrogen-bond donors (Lipinski definition) is 2. The maximum atomic E-state index is 12.8. The molecule has 0 atom stereocenters. The maximum Gasteiger partial charge on any atom is 0.341 e. The molecule has 0 saturated carbocycles. The highest BCUT2D eigenvalue weighted by Gasteiger charge is 2.41. The first-order valence-corrected chi connectivity index (χ1v) is 14.5. The molecule has 2 heterocycles. The zero-order valence-corrected chi connectivity index (χ0v) is 23.5. The number of piperidine rings is 1. The van der Waals surface area contributed by atoms with Gasteiger partial charge >= 0.3 is 5.97 Å². The van der Waals surface area contributed by atoms with Crippen molar-refractivity contribution >= 4 is 39.6 Å². The van der Waals surface area contributed by atoms with Crippen molar-refractivity contribution in [2.75, 3.05) is 25.0 Å². The Morgan fingerprint density at radius 1 is 0.974 bits per heavy atom. The molecule has 7 heteroatoms. The number of carbonyl (C=O) groups is 1. The molecule has 0 amide bonds. The number of thiophene rings is 1. The summed E-state index contributed by atoms with van der Waals surface area (Å²) in [5.74, 6) is -0.335. The van der Waals surface area contributed by atoms with Crippen molar-refractivity contribution in [3.63, 3.8) is 0 Å². The molecule has 1 saturated heterocycles. The summed E-state index contributed by atoms with van der Waals surface area (Å²) in [4.78, 5) is 15.8. The van der Waals surface area contributed by atoms with E-state index in [1.54, 1.807) is 6.92 Å². The van der Waals surface area contributed by atoms with Crippen LogP contribution < -0.4 is 5.32 Å². The van der Waals surface area contributed by atoms with Crippen molar-refractivity contribution in [2.24, 2.45) is 5.92 Å². The molecule has 200 valence electrons. The van der Waals surface area contributed by atoms with Crippen LogP contribution in [0.15, 0.2) is 97.1 Å². The van der Waals surface area contributed by atoms with Crippen LogP contribution in [0.3, 0.4) is 0 Å². The Hall–Kier alpha value is -3.52. The van der Waals surface area contributed by atoms with Crippen molar-refractivity contribution in [1.82, 2.24) is 4.90 Å². The Bertz CT molecular complexity index is 1360. The van der Waals surface area contributed by atoms with Gasteiger partial charge in [-0.05, 0) is 60.7 Å². The maximum absolute atomic E-state index is 12.8. The van der Waals surface area contributed by atoms with E-state index in [2.05, 4.69) is 10.2 Å². The average Bonchev–Trinajstić information content (AvgIpc) is 3.42. The summed E-state index contributed by atoms with van der Waals surface area (Å²) in [6.07, 6.45) is 1.54. The molecule has 1 aliphatic heterocycles. The largest absolute Gasteiger partial charge is 0.462 e. The molecule has 1 fully saturated rings. The highest BCUT2D eigenvalue weighted by Crippen LogP contribution is 2.42. The van der Waals surface area contributed by atoms with Gasteiger partial charge in [-0.25, -0.2) is 4.79 Å². The van der Waals surface area contributed by atoms with Crippen molar-refractivity contribution in [3.8, 4) is 10.4 Å². The van der Waals surface area contributed by atoms with E-state index < -0.39 is 5.60 Å². The lowest BCUT2D eigenvalue weighted by molar-refractivity contribution is -0.00631. The topological polar surface area (TPSA) is 61.8 Å². The molecular weight excluding hydrogens is 524 g/mol. The van der Waals surface area contributed by atoms with Crippen molar-refractivity contribution in [2.45, 2.75) is 25.4 Å². The van der Waals surface area contributed by atoms with Gasteiger partial charge in [-0.15, -0.1) is 11.3 Å². The third-order valence-electron chi connectivity index (χ3n) is 7.31. The van der Waals surface area contributed by atoms with E-state index in [0.29, 0.717) is 35.4 Å². The molecule has 39 heavy (non-hydrogen) atoms. The Morgan fingerprint density at radius 2 is 1.51 bits per heavy atom. The summed E-state index contributed by atoms with van der Waals surface area (Å²) in [6, 6.07) is 31.7. The molecule has 0 radical (unpaired) electrons. The fraction of sp³-hybridized carbons (Fsp3) is 0.250. The number of benzene rings is 3. The molecule has 0 aliphatic carbocycles. The molecule has 0 spiro atoms. The van der Waals surface area contributed by atoms with Gasteiger partial charge in [-0.3, -0.25) is 0 Å². The molecule has 4 aromatic rings. The number of likely N-dealkylation sites (tertiary alicyclic amines) is 1. The van der Waals surface area contributed by atoms with Crippen LogP contribution in [0.1, 0.15) is 41.3 Å². The van der Waals surface area contributed by atoms with Gasteiger partial charge in [-0.1, -0.05) is 91.0 Å². The Morgan fingerprint density at radius 3 is 2.05 bits per heavy atom. The second kappa shape index (κ2) is 12.1.